The van der Waals surface area contributed by atoms with Gasteiger partial charge in [-0.05, 0) is 19.4 Å². The molecule has 100 valence electrons. The summed E-state index contributed by atoms with van der Waals surface area (Å²) in [6.07, 6.45) is 1.42. The Morgan fingerprint density at radius 3 is 3.06 bits per heavy atom. The van der Waals surface area contributed by atoms with E-state index >= 15 is 0 Å². The summed E-state index contributed by atoms with van der Waals surface area (Å²) in [4.78, 5) is 12.2. The lowest BCUT2D eigenvalue weighted by Crippen LogP contribution is -2.44. The van der Waals surface area contributed by atoms with Crippen LogP contribution in [-0.4, -0.2) is 39.7 Å². The number of hydrogen-bond donors (Lipinski definition) is 1. The predicted octanol–water partition coefficient (Wildman–Crippen LogP) is 1.28. The molecular formula is C13H21N3OS. The zero-order valence-electron chi connectivity index (χ0n) is 11.1. The summed E-state index contributed by atoms with van der Waals surface area (Å²) in [5, 5.41) is 7.78. The number of aryl methyl sites for hydroxylation is 2. The smallest absolute Gasteiger partial charge is 0.156 e. The molecule has 2 heterocycles. The average Bonchev–Trinajstić information content (AvgIpc) is 2.82. The molecule has 0 saturated carbocycles. The van der Waals surface area contributed by atoms with Crippen molar-refractivity contribution in [2.45, 2.75) is 39.3 Å². The van der Waals surface area contributed by atoms with E-state index in [0.717, 1.165) is 42.4 Å². The lowest BCUT2D eigenvalue weighted by Gasteiger charge is -2.21. The monoisotopic (exact) mass is 267 g/mol. The predicted molar refractivity (Wildman–Crippen MR) is 75.1 cm³/mol. The molecule has 18 heavy (non-hydrogen) atoms. The first-order valence-corrected chi connectivity index (χ1v) is 7.79. The molecule has 1 aromatic heterocycles. The minimum Gasteiger partial charge on any atom is -0.306 e. The van der Waals surface area contributed by atoms with Crippen molar-refractivity contribution in [1.29, 1.82) is 0 Å². The molecule has 1 aromatic rings. The number of rotatable bonds is 5. The van der Waals surface area contributed by atoms with Gasteiger partial charge in [-0.1, -0.05) is 6.92 Å². The highest BCUT2D eigenvalue weighted by atomic mass is 32.2. The van der Waals surface area contributed by atoms with Crippen molar-refractivity contribution < 1.29 is 4.79 Å². The third-order valence-electron chi connectivity index (χ3n) is 3.24. The van der Waals surface area contributed by atoms with Gasteiger partial charge in [0.1, 0.15) is 0 Å². The van der Waals surface area contributed by atoms with Gasteiger partial charge < -0.3 is 5.32 Å². The second-order valence-corrected chi connectivity index (χ2v) is 5.67. The van der Waals surface area contributed by atoms with Crippen LogP contribution >= 0.6 is 11.8 Å². The van der Waals surface area contributed by atoms with Crippen molar-refractivity contribution in [3.05, 3.63) is 17.5 Å². The summed E-state index contributed by atoms with van der Waals surface area (Å²) in [6, 6.07) is 2.09. The molecule has 2 rings (SSSR count). The molecule has 1 aliphatic rings. The molecule has 1 atom stereocenters. The fraction of sp³-hybridized carbons (Fsp3) is 0.692. The quantitative estimate of drug-likeness (QED) is 0.873. The molecule has 1 aliphatic heterocycles. The molecule has 0 aromatic carbocycles. The number of aromatic nitrogens is 2. The number of thioether (sulfide) groups is 1. The maximum atomic E-state index is 12.2. The van der Waals surface area contributed by atoms with Crippen LogP contribution < -0.4 is 5.32 Å². The van der Waals surface area contributed by atoms with Crippen molar-refractivity contribution in [1.82, 2.24) is 15.1 Å². The SMILES string of the molecule is CCc1cc(CC(=O)C2CSCCN2)n(CC)n1. The van der Waals surface area contributed by atoms with Crippen LogP contribution in [0.4, 0.5) is 0 Å². The summed E-state index contributed by atoms with van der Waals surface area (Å²) in [6.45, 7) is 5.92. The zero-order chi connectivity index (χ0) is 13.0. The Bertz CT molecular complexity index is 410. The van der Waals surface area contributed by atoms with Crippen molar-refractivity contribution in [3.8, 4) is 0 Å². The van der Waals surface area contributed by atoms with Crippen LogP contribution in [0.1, 0.15) is 25.2 Å². The van der Waals surface area contributed by atoms with Crippen LogP contribution in [0.15, 0.2) is 6.07 Å². The van der Waals surface area contributed by atoms with Crippen LogP contribution in [-0.2, 0) is 24.2 Å². The third-order valence-corrected chi connectivity index (χ3v) is 4.30. The normalized spacial score (nSPS) is 20.0. The largest absolute Gasteiger partial charge is 0.306 e. The van der Waals surface area contributed by atoms with Gasteiger partial charge in [-0.15, -0.1) is 0 Å². The Morgan fingerprint density at radius 2 is 2.44 bits per heavy atom. The highest BCUT2D eigenvalue weighted by Crippen LogP contribution is 2.12. The molecule has 5 heteroatoms. The lowest BCUT2D eigenvalue weighted by atomic mass is 10.1. The minimum atomic E-state index is 0.0223. The number of hydrogen-bond acceptors (Lipinski definition) is 4. The second kappa shape index (κ2) is 6.38. The van der Waals surface area contributed by atoms with Gasteiger partial charge in [0.05, 0.1) is 18.2 Å². The number of Topliss-reactive ketones (excluding diaryl/α,β-unsaturated/α-hetero) is 1. The van der Waals surface area contributed by atoms with Crippen LogP contribution in [0.25, 0.3) is 0 Å². The molecule has 0 radical (unpaired) electrons. The fourth-order valence-corrected chi connectivity index (χ4v) is 3.15. The average molecular weight is 267 g/mol. The van der Waals surface area contributed by atoms with Crippen molar-refractivity contribution in [2.75, 3.05) is 18.1 Å². The van der Waals surface area contributed by atoms with Gasteiger partial charge in [-0.3, -0.25) is 9.48 Å². The summed E-state index contributed by atoms with van der Waals surface area (Å²) in [7, 11) is 0. The lowest BCUT2D eigenvalue weighted by molar-refractivity contribution is -0.120. The fourth-order valence-electron chi connectivity index (χ4n) is 2.18. The topological polar surface area (TPSA) is 46.9 Å². The minimum absolute atomic E-state index is 0.0223. The third kappa shape index (κ3) is 3.14. The first kappa shape index (κ1) is 13.6. The summed E-state index contributed by atoms with van der Waals surface area (Å²) >= 11 is 1.86. The Hall–Kier alpha value is -0.810. The molecule has 1 saturated heterocycles. The van der Waals surface area contributed by atoms with E-state index in [-0.39, 0.29) is 6.04 Å². The van der Waals surface area contributed by atoms with Gasteiger partial charge in [-0.25, -0.2) is 0 Å². The van der Waals surface area contributed by atoms with E-state index in [1.165, 1.54) is 0 Å². The number of nitrogens with one attached hydrogen (secondary N) is 1. The van der Waals surface area contributed by atoms with E-state index in [1.807, 2.05) is 16.4 Å². The summed E-state index contributed by atoms with van der Waals surface area (Å²) in [5.41, 5.74) is 2.13. The molecule has 1 unspecified atom stereocenters. The molecule has 4 nitrogen and oxygen atoms in total. The maximum absolute atomic E-state index is 12.2. The van der Waals surface area contributed by atoms with E-state index in [9.17, 15) is 4.79 Å². The van der Waals surface area contributed by atoms with E-state index in [4.69, 9.17) is 0 Å². The first-order chi connectivity index (χ1) is 8.74. The number of ketones is 1. The van der Waals surface area contributed by atoms with Crippen LogP contribution in [0.2, 0.25) is 0 Å². The second-order valence-electron chi connectivity index (χ2n) is 4.52. The Labute approximate surface area is 113 Å². The van der Waals surface area contributed by atoms with Crippen molar-refractivity contribution in [3.63, 3.8) is 0 Å². The Balaban J connectivity index is 2.03. The van der Waals surface area contributed by atoms with Gasteiger partial charge in [0.15, 0.2) is 5.78 Å². The molecular weight excluding hydrogens is 246 g/mol. The number of carbonyl (C=O) groups is 1. The van der Waals surface area contributed by atoms with Crippen LogP contribution in [0, 0.1) is 0 Å². The molecule has 1 fully saturated rings. The molecule has 0 spiro atoms. The number of nitrogens with zero attached hydrogens (tertiary/aromatic N) is 2. The van der Waals surface area contributed by atoms with Gasteiger partial charge in [0, 0.05) is 30.3 Å². The Morgan fingerprint density at radius 1 is 1.61 bits per heavy atom. The molecule has 1 N–H and O–H groups in total. The Kier molecular flexibility index (Phi) is 4.83. The summed E-state index contributed by atoms with van der Waals surface area (Å²) < 4.78 is 1.95. The van der Waals surface area contributed by atoms with E-state index in [2.05, 4.69) is 30.3 Å². The molecule has 0 aliphatic carbocycles. The highest BCUT2D eigenvalue weighted by Gasteiger charge is 2.22. The maximum Gasteiger partial charge on any atom is 0.156 e. The van der Waals surface area contributed by atoms with Gasteiger partial charge in [0.25, 0.3) is 0 Å². The molecule has 0 amide bonds. The van der Waals surface area contributed by atoms with Crippen LogP contribution in [0.3, 0.4) is 0 Å². The van der Waals surface area contributed by atoms with E-state index in [0.29, 0.717) is 12.2 Å². The van der Waals surface area contributed by atoms with Gasteiger partial charge in [-0.2, -0.15) is 16.9 Å². The van der Waals surface area contributed by atoms with Gasteiger partial charge >= 0.3 is 0 Å². The highest BCUT2D eigenvalue weighted by molar-refractivity contribution is 7.99. The number of carbonyl (C=O) groups excluding carboxylic acids is 1. The standard InChI is InChI=1S/C13H21N3OS/c1-3-10-7-11(16(4-2)15-10)8-13(17)12-9-18-6-5-14-12/h7,12,14H,3-6,8-9H2,1-2H3. The van der Waals surface area contributed by atoms with Crippen molar-refractivity contribution >= 4 is 17.5 Å². The molecule has 0 bridgehead atoms. The summed E-state index contributed by atoms with van der Waals surface area (Å²) in [5.74, 6) is 2.30. The van der Waals surface area contributed by atoms with Crippen molar-refractivity contribution in [2.24, 2.45) is 0 Å². The van der Waals surface area contributed by atoms with E-state index < -0.39 is 0 Å². The van der Waals surface area contributed by atoms with Gasteiger partial charge in [0.2, 0.25) is 0 Å². The first-order valence-electron chi connectivity index (χ1n) is 6.64. The van der Waals surface area contributed by atoms with E-state index in [1.54, 1.807) is 0 Å². The van der Waals surface area contributed by atoms with Crippen LogP contribution in [0.5, 0.6) is 0 Å². The zero-order valence-corrected chi connectivity index (χ0v) is 11.9.